The molecule has 0 fully saturated rings. The van der Waals surface area contributed by atoms with Gasteiger partial charge in [-0.2, -0.15) is 0 Å². The molecule has 250 valence electrons. The van der Waals surface area contributed by atoms with Crippen LogP contribution in [0.3, 0.4) is 0 Å². The number of ether oxygens (including phenoxy) is 3. The van der Waals surface area contributed by atoms with Crippen LogP contribution in [0, 0.1) is 0 Å². The van der Waals surface area contributed by atoms with Crippen LogP contribution in [0.2, 0.25) is 0 Å². The zero-order chi connectivity index (χ0) is 34.8. The summed E-state index contributed by atoms with van der Waals surface area (Å²) in [6, 6.07) is 55.1. The summed E-state index contributed by atoms with van der Waals surface area (Å²) in [6.07, 6.45) is 2.50. The molecular formula is C45H52O3. The van der Waals surface area contributed by atoms with Crippen molar-refractivity contribution in [1.82, 2.24) is 0 Å². The van der Waals surface area contributed by atoms with Crippen LogP contribution in [0.25, 0.3) is 33.4 Å². The first-order valence-corrected chi connectivity index (χ1v) is 16.6. The van der Waals surface area contributed by atoms with Crippen molar-refractivity contribution in [2.45, 2.75) is 40.5 Å². The molecule has 0 aliphatic carbocycles. The van der Waals surface area contributed by atoms with Crippen LogP contribution in [0.5, 0.6) is 17.2 Å². The fourth-order valence-corrected chi connectivity index (χ4v) is 4.24. The summed E-state index contributed by atoms with van der Waals surface area (Å²) in [4.78, 5) is 0. The standard InChI is InChI=1S/3C13H12O.2C3H8/c3*1-14-13-9-7-12(8-10-13)11-5-3-2-4-6-11;2*1-3-2/h3*2-10H,1H3;2*3H2,1-2H3. The summed E-state index contributed by atoms with van der Waals surface area (Å²) in [6.45, 7) is 8.50. The van der Waals surface area contributed by atoms with Gasteiger partial charge in [0.1, 0.15) is 17.2 Å². The summed E-state index contributed by atoms with van der Waals surface area (Å²) in [7, 11) is 5.03. The zero-order valence-corrected chi connectivity index (χ0v) is 29.7. The van der Waals surface area contributed by atoms with Gasteiger partial charge in [-0.25, -0.2) is 0 Å². The van der Waals surface area contributed by atoms with Crippen molar-refractivity contribution in [3.63, 3.8) is 0 Å². The van der Waals surface area contributed by atoms with Gasteiger partial charge >= 0.3 is 0 Å². The Labute approximate surface area is 289 Å². The number of rotatable bonds is 6. The van der Waals surface area contributed by atoms with E-state index in [1.54, 1.807) is 21.3 Å². The fraction of sp³-hybridized carbons (Fsp3) is 0.200. The summed E-state index contributed by atoms with van der Waals surface area (Å²) in [5.41, 5.74) is 7.34. The molecule has 0 heterocycles. The summed E-state index contributed by atoms with van der Waals surface area (Å²) in [5.74, 6) is 2.68. The van der Waals surface area contributed by atoms with E-state index in [4.69, 9.17) is 14.2 Å². The maximum atomic E-state index is 5.11. The van der Waals surface area contributed by atoms with Crippen LogP contribution in [-0.2, 0) is 0 Å². The Morgan fingerprint density at radius 3 is 0.604 bits per heavy atom. The van der Waals surface area contributed by atoms with Gasteiger partial charge in [-0.1, -0.05) is 168 Å². The average Bonchev–Trinajstić information content (AvgIpc) is 3.17. The minimum absolute atomic E-state index is 0.893. The molecule has 0 N–H and O–H groups in total. The van der Waals surface area contributed by atoms with E-state index in [2.05, 4.69) is 100 Å². The van der Waals surface area contributed by atoms with Crippen molar-refractivity contribution in [2.24, 2.45) is 0 Å². The molecule has 48 heavy (non-hydrogen) atoms. The SMILES string of the molecule is CCC.CCC.COc1ccc(-c2ccccc2)cc1.COc1ccc(-c2ccccc2)cc1.COc1ccc(-c2ccccc2)cc1. The molecule has 6 aromatic rings. The first-order chi connectivity index (χ1) is 23.5. The van der Waals surface area contributed by atoms with Crippen LogP contribution < -0.4 is 14.2 Å². The van der Waals surface area contributed by atoms with E-state index >= 15 is 0 Å². The normalized spacial score (nSPS) is 9.31. The zero-order valence-electron chi connectivity index (χ0n) is 29.7. The van der Waals surface area contributed by atoms with E-state index < -0.39 is 0 Å². The van der Waals surface area contributed by atoms with E-state index in [9.17, 15) is 0 Å². The molecule has 6 rings (SSSR count). The Morgan fingerprint density at radius 2 is 0.438 bits per heavy atom. The van der Waals surface area contributed by atoms with Crippen LogP contribution in [0.4, 0.5) is 0 Å². The molecule has 0 aromatic heterocycles. The van der Waals surface area contributed by atoms with E-state index in [0.717, 1.165) is 17.2 Å². The molecule has 0 spiro atoms. The molecule has 6 aromatic carbocycles. The van der Waals surface area contributed by atoms with Gasteiger partial charge in [-0.3, -0.25) is 0 Å². The lowest BCUT2D eigenvalue weighted by atomic mass is 10.1. The molecule has 0 aliphatic heterocycles. The molecule has 0 amide bonds. The fourth-order valence-electron chi connectivity index (χ4n) is 4.24. The monoisotopic (exact) mass is 640 g/mol. The Kier molecular flexibility index (Phi) is 19.4. The number of hydrogen-bond donors (Lipinski definition) is 0. The summed E-state index contributed by atoms with van der Waals surface area (Å²) >= 11 is 0. The van der Waals surface area contributed by atoms with Gasteiger partial charge in [-0.05, 0) is 69.8 Å². The second-order valence-electron chi connectivity index (χ2n) is 10.7. The second-order valence-corrected chi connectivity index (χ2v) is 10.7. The molecule has 0 saturated carbocycles. The molecule has 0 radical (unpaired) electrons. The van der Waals surface area contributed by atoms with Crippen molar-refractivity contribution in [3.8, 4) is 50.6 Å². The Hall–Kier alpha value is -5.28. The smallest absolute Gasteiger partial charge is 0.118 e. The Balaban J connectivity index is 0.000000231. The predicted molar refractivity (Wildman–Crippen MR) is 207 cm³/mol. The lowest BCUT2D eigenvalue weighted by molar-refractivity contribution is 0.415. The molecule has 0 saturated heterocycles. The highest BCUT2D eigenvalue weighted by Crippen LogP contribution is 2.23. The molecule has 0 aliphatic rings. The van der Waals surface area contributed by atoms with Crippen molar-refractivity contribution in [1.29, 1.82) is 0 Å². The van der Waals surface area contributed by atoms with Gasteiger partial charge in [0.05, 0.1) is 21.3 Å². The summed E-state index contributed by atoms with van der Waals surface area (Å²) < 4.78 is 15.3. The molecule has 3 heteroatoms. The lowest BCUT2D eigenvalue weighted by Gasteiger charge is -2.02. The summed E-state index contributed by atoms with van der Waals surface area (Å²) in [5, 5.41) is 0. The van der Waals surface area contributed by atoms with Crippen molar-refractivity contribution >= 4 is 0 Å². The Bertz CT molecular complexity index is 1400. The molecule has 3 nitrogen and oxygen atoms in total. The largest absolute Gasteiger partial charge is 0.497 e. The van der Waals surface area contributed by atoms with Gasteiger partial charge in [-0.15, -0.1) is 0 Å². The van der Waals surface area contributed by atoms with Crippen molar-refractivity contribution < 1.29 is 14.2 Å². The number of hydrogen-bond acceptors (Lipinski definition) is 3. The first-order valence-electron chi connectivity index (χ1n) is 16.6. The highest BCUT2D eigenvalue weighted by Gasteiger charge is 1.98. The first kappa shape index (κ1) is 38.9. The Morgan fingerprint density at radius 1 is 0.271 bits per heavy atom. The van der Waals surface area contributed by atoms with Crippen LogP contribution >= 0.6 is 0 Å². The number of benzene rings is 6. The van der Waals surface area contributed by atoms with Gasteiger partial charge in [0.2, 0.25) is 0 Å². The van der Waals surface area contributed by atoms with Gasteiger partial charge < -0.3 is 14.2 Å². The van der Waals surface area contributed by atoms with E-state index in [-0.39, 0.29) is 0 Å². The van der Waals surface area contributed by atoms with Crippen molar-refractivity contribution in [3.05, 3.63) is 164 Å². The van der Waals surface area contributed by atoms with Gasteiger partial charge in [0, 0.05) is 0 Å². The third-order valence-corrected chi connectivity index (χ3v) is 6.59. The van der Waals surface area contributed by atoms with Crippen LogP contribution in [0.15, 0.2) is 164 Å². The minimum Gasteiger partial charge on any atom is -0.497 e. The van der Waals surface area contributed by atoms with E-state index in [1.807, 2.05) is 91.0 Å². The van der Waals surface area contributed by atoms with Gasteiger partial charge in [0.15, 0.2) is 0 Å². The predicted octanol–water partition coefficient (Wildman–Crippen LogP) is 12.9. The topological polar surface area (TPSA) is 27.7 Å². The van der Waals surface area contributed by atoms with Crippen molar-refractivity contribution in [2.75, 3.05) is 21.3 Å². The lowest BCUT2D eigenvalue weighted by Crippen LogP contribution is -1.82. The van der Waals surface area contributed by atoms with Crippen LogP contribution in [-0.4, -0.2) is 21.3 Å². The van der Waals surface area contributed by atoms with Gasteiger partial charge in [0.25, 0.3) is 0 Å². The third-order valence-electron chi connectivity index (χ3n) is 6.59. The maximum absolute atomic E-state index is 5.11. The highest BCUT2D eigenvalue weighted by molar-refractivity contribution is 5.65. The average molecular weight is 641 g/mol. The maximum Gasteiger partial charge on any atom is 0.118 e. The molecule has 0 atom stereocenters. The van der Waals surface area contributed by atoms with Crippen LogP contribution in [0.1, 0.15) is 40.5 Å². The molecular weight excluding hydrogens is 588 g/mol. The second kappa shape index (κ2) is 24.0. The minimum atomic E-state index is 0.893. The quantitative estimate of drug-likeness (QED) is 0.181. The van der Waals surface area contributed by atoms with E-state index in [1.165, 1.54) is 46.2 Å². The third kappa shape index (κ3) is 14.4. The van der Waals surface area contributed by atoms with E-state index in [0.29, 0.717) is 0 Å². The highest BCUT2D eigenvalue weighted by atomic mass is 16.5. The number of methoxy groups -OCH3 is 3. The molecule has 0 unspecified atom stereocenters. The molecule has 0 bridgehead atoms.